The Labute approximate surface area is 184 Å². The minimum atomic E-state index is -0.196. The second-order valence-electron chi connectivity index (χ2n) is 7.28. The zero-order chi connectivity index (χ0) is 21.9. The van der Waals surface area contributed by atoms with Gasteiger partial charge in [-0.2, -0.15) is 0 Å². The first kappa shape index (κ1) is 19.4. The van der Waals surface area contributed by atoms with Gasteiger partial charge < -0.3 is 14.3 Å². The summed E-state index contributed by atoms with van der Waals surface area (Å²) in [7, 11) is 0. The topological polar surface area (TPSA) is 85.8 Å². The van der Waals surface area contributed by atoms with Gasteiger partial charge in [0.2, 0.25) is 11.8 Å². The van der Waals surface area contributed by atoms with E-state index in [9.17, 15) is 4.79 Å². The molecule has 0 saturated carbocycles. The van der Waals surface area contributed by atoms with Gasteiger partial charge >= 0.3 is 0 Å². The van der Waals surface area contributed by atoms with E-state index in [1.54, 1.807) is 36.8 Å². The molecule has 0 aliphatic rings. The Bertz CT molecular complexity index is 1350. The van der Waals surface area contributed by atoms with Crippen molar-refractivity contribution in [3.8, 4) is 28.6 Å². The molecule has 0 fully saturated rings. The number of carbonyl (C=O) groups is 1. The zero-order valence-electron chi connectivity index (χ0n) is 17.3. The highest BCUT2D eigenvalue weighted by Gasteiger charge is 2.13. The first-order valence-electron chi connectivity index (χ1n) is 10.1. The predicted octanol–water partition coefficient (Wildman–Crippen LogP) is 5.15. The van der Waals surface area contributed by atoms with E-state index in [1.165, 1.54) is 0 Å². The fourth-order valence-electron chi connectivity index (χ4n) is 3.36. The molecule has 1 amide bonds. The maximum Gasteiger partial charge on any atom is 0.255 e. The molecule has 7 nitrogen and oxygen atoms in total. The van der Waals surface area contributed by atoms with E-state index in [1.807, 2.05) is 66.2 Å². The molecule has 0 atom stereocenters. The second kappa shape index (κ2) is 8.31. The number of nitrogens with one attached hydrogen (secondary N) is 1. The molecule has 0 aliphatic heterocycles. The smallest absolute Gasteiger partial charge is 0.255 e. The van der Waals surface area contributed by atoms with Crippen LogP contribution in [-0.4, -0.2) is 25.7 Å². The predicted molar refractivity (Wildman–Crippen MR) is 121 cm³/mol. The van der Waals surface area contributed by atoms with Crippen LogP contribution in [0.2, 0.25) is 0 Å². The van der Waals surface area contributed by atoms with E-state index in [-0.39, 0.29) is 5.91 Å². The van der Waals surface area contributed by atoms with Gasteiger partial charge in [0.1, 0.15) is 0 Å². The summed E-state index contributed by atoms with van der Waals surface area (Å²) in [6, 6.07) is 22.5. The Kier molecular flexibility index (Phi) is 5.05. The molecule has 5 rings (SSSR count). The maximum atomic E-state index is 12.6. The molecule has 7 heteroatoms. The lowest BCUT2D eigenvalue weighted by atomic mass is 10.1. The minimum absolute atomic E-state index is 0.196. The summed E-state index contributed by atoms with van der Waals surface area (Å²) in [6.07, 6.45) is 5.31. The van der Waals surface area contributed by atoms with Crippen LogP contribution in [-0.2, 0) is 0 Å². The fraction of sp³-hybridized carbons (Fsp3) is 0.0400. The Hall–Kier alpha value is -4.52. The summed E-state index contributed by atoms with van der Waals surface area (Å²) in [5.41, 5.74) is 4.93. The van der Waals surface area contributed by atoms with Crippen LogP contribution in [0.4, 0.5) is 5.69 Å². The lowest BCUT2D eigenvalue weighted by Gasteiger charge is -2.07. The number of aryl methyl sites for hydroxylation is 1. The van der Waals surface area contributed by atoms with E-state index >= 15 is 0 Å². The molecule has 2 aromatic heterocycles. The van der Waals surface area contributed by atoms with Gasteiger partial charge in [-0.3, -0.25) is 4.79 Å². The number of nitrogens with zero attached hydrogens (tertiary/aromatic N) is 4. The summed E-state index contributed by atoms with van der Waals surface area (Å²) in [5, 5.41) is 11.2. The highest BCUT2D eigenvalue weighted by molar-refractivity contribution is 6.04. The van der Waals surface area contributed by atoms with Gasteiger partial charge in [-0.25, -0.2) is 4.98 Å². The summed E-state index contributed by atoms with van der Waals surface area (Å²) in [5.74, 6) is 0.683. The number of aromatic nitrogens is 4. The quantitative estimate of drug-likeness (QED) is 0.424. The average Bonchev–Trinajstić information content (AvgIpc) is 3.53. The fourth-order valence-corrected chi connectivity index (χ4v) is 3.36. The first-order valence-corrected chi connectivity index (χ1v) is 10.1. The number of rotatable bonds is 5. The molecule has 0 spiro atoms. The number of hydrogen-bond donors (Lipinski definition) is 1. The van der Waals surface area contributed by atoms with Crippen molar-refractivity contribution in [3.63, 3.8) is 0 Å². The monoisotopic (exact) mass is 421 g/mol. The Morgan fingerprint density at radius 2 is 1.66 bits per heavy atom. The van der Waals surface area contributed by atoms with E-state index in [2.05, 4.69) is 20.5 Å². The molecule has 0 saturated heterocycles. The van der Waals surface area contributed by atoms with Crippen LogP contribution in [0.5, 0.6) is 0 Å². The summed E-state index contributed by atoms with van der Waals surface area (Å²) in [6.45, 7) is 2.00. The molecule has 0 bridgehead atoms. The molecule has 3 aromatic carbocycles. The van der Waals surface area contributed by atoms with Gasteiger partial charge in [0.15, 0.2) is 0 Å². The van der Waals surface area contributed by atoms with Crippen molar-refractivity contribution in [2.24, 2.45) is 0 Å². The Morgan fingerprint density at radius 1 is 0.906 bits per heavy atom. The van der Waals surface area contributed by atoms with Gasteiger partial charge in [-0.05, 0) is 67.1 Å². The Morgan fingerprint density at radius 3 is 2.38 bits per heavy atom. The molecule has 2 heterocycles. The molecule has 5 aromatic rings. The lowest BCUT2D eigenvalue weighted by molar-refractivity contribution is 0.102. The number of anilines is 1. The van der Waals surface area contributed by atoms with Crippen LogP contribution in [0.25, 0.3) is 28.6 Å². The summed E-state index contributed by atoms with van der Waals surface area (Å²) < 4.78 is 7.74. The summed E-state index contributed by atoms with van der Waals surface area (Å²) in [4.78, 5) is 16.7. The highest BCUT2D eigenvalue weighted by Crippen LogP contribution is 2.26. The van der Waals surface area contributed by atoms with Gasteiger partial charge in [0.05, 0.1) is 6.33 Å². The molecule has 32 heavy (non-hydrogen) atoms. The van der Waals surface area contributed by atoms with E-state index in [4.69, 9.17) is 4.42 Å². The Balaban J connectivity index is 1.28. The van der Waals surface area contributed by atoms with Gasteiger partial charge in [0, 0.05) is 40.5 Å². The van der Waals surface area contributed by atoms with Crippen molar-refractivity contribution in [1.29, 1.82) is 0 Å². The van der Waals surface area contributed by atoms with Crippen LogP contribution >= 0.6 is 0 Å². The third-order valence-electron chi connectivity index (χ3n) is 5.12. The average molecular weight is 421 g/mol. The van der Waals surface area contributed by atoms with Crippen LogP contribution in [0, 0.1) is 6.92 Å². The van der Waals surface area contributed by atoms with Crippen LogP contribution < -0.4 is 5.32 Å². The molecule has 0 unspecified atom stereocenters. The third kappa shape index (κ3) is 3.91. The number of carbonyl (C=O) groups excluding carboxylic acids is 1. The maximum absolute atomic E-state index is 12.6. The first-order chi connectivity index (χ1) is 15.7. The van der Waals surface area contributed by atoms with Crippen LogP contribution in [0.1, 0.15) is 15.9 Å². The number of hydrogen-bond acceptors (Lipinski definition) is 5. The zero-order valence-corrected chi connectivity index (χ0v) is 17.3. The second-order valence-corrected chi connectivity index (χ2v) is 7.28. The van der Waals surface area contributed by atoms with Crippen LogP contribution in [0.3, 0.4) is 0 Å². The number of imidazole rings is 1. The van der Waals surface area contributed by atoms with E-state index in [0.29, 0.717) is 23.0 Å². The highest BCUT2D eigenvalue weighted by atomic mass is 16.4. The normalized spacial score (nSPS) is 10.8. The van der Waals surface area contributed by atoms with Crippen molar-refractivity contribution < 1.29 is 9.21 Å². The lowest BCUT2D eigenvalue weighted by Crippen LogP contribution is -2.11. The van der Waals surface area contributed by atoms with Crippen molar-refractivity contribution in [3.05, 3.63) is 103 Å². The molecule has 1 N–H and O–H groups in total. The van der Waals surface area contributed by atoms with Crippen molar-refractivity contribution >= 4 is 11.6 Å². The van der Waals surface area contributed by atoms with Gasteiger partial charge in [-0.1, -0.05) is 18.2 Å². The van der Waals surface area contributed by atoms with Crippen molar-refractivity contribution in [1.82, 2.24) is 19.7 Å². The van der Waals surface area contributed by atoms with Gasteiger partial charge in [-0.15, -0.1) is 10.2 Å². The summed E-state index contributed by atoms with van der Waals surface area (Å²) >= 11 is 0. The molecule has 156 valence electrons. The van der Waals surface area contributed by atoms with E-state index < -0.39 is 0 Å². The number of amides is 1. The SMILES string of the molecule is Cc1ccccc1-c1nnc(-c2ccc(C(=O)Nc3ccc(-n4ccnc4)cc3)cc2)o1. The molecule has 0 aliphatic carbocycles. The minimum Gasteiger partial charge on any atom is -0.416 e. The standard InChI is InChI=1S/C25H19N5O2/c1-17-4-2-3-5-22(17)25-29-28-24(32-25)19-8-6-18(7-9-19)23(31)27-20-10-12-21(13-11-20)30-15-14-26-16-30/h2-16H,1H3,(H,27,31). The third-order valence-corrected chi connectivity index (χ3v) is 5.12. The molecular weight excluding hydrogens is 402 g/mol. The van der Waals surface area contributed by atoms with Crippen molar-refractivity contribution in [2.45, 2.75) is 6.92 Å². The molecule has 0 radical (unpaired) electrons. The van der Waals surface area contributed by atoms with Gasteiger partial charge in [0.25, 0.3) is 5.91 Å². The van der Waals surface area contributed by atoms with Crippen LogP contribution in [0.15, 0.2) is 95.9 Å². The van der Waals surface area contributed by atoms with E-state index in [0.717, 1.165) is 22.4 Å². The molecular formula is C25H19N5O2. The largest absolute Gasteiger partial charge is 0.416 e. The van der Waals surface area contributed by atoms with Crippen molar-refractivity contribution in [2.75, 3.05) is 5.32 Å². The number of benzene rings is 3.